The molecule has 58 valence electrons. The molecular formula is C8H8ClNO. The van der Waals surface area contributed by atoms with E-state index >= 15 is 0 Å². The normalized spacial score (nSPS) is 22.1. The zero-order chi connectivity index (χ0) is 7.68. The molecule has 1 N–H and O–H groups in total. The van der Waals surface area contributed by atoms with Crippen LogP contribution in [0.1, 0.15) is 5.56 Å². The first-order chi connectivity index (χ1) is 5.36. The van der Waals surface area contributed by atoms with Gasteiger partial charge < -0.3 is 10.1 Å². The van der Waals surface area contributed by atoms with E-state index in [1.54, 1.807) is 0 Å². The van der Waals surface area contributed by atoms with Gasteiger partial charge >= 0.3 is 0 Å². The van der Waals surface area contributed by atoms with Gasteiger partial charge in [0.05, 0.1) is 6.61 Å². The molecule has 0 bridgehead atoms. The van der Waals surface area contributed by atoms with E-state index in [2.05, 4.69) is 5.32 Å². The zero-order valence-corrected chi connectivity index (χ0v) is 6.64. The molecule has 1 heterocycles. The van der Waals surface area contributed by atoms with E-state index in [9.17, 15) is 0 Å². The van der Waals surface area contributed by atoms with Crippen molar-refractivity contribution in [1.82, 2.24) is 0 Å². The molecule has 0 saturated carbocycles. The molecule has 0 spiro atoms. The third kappa shape index (κ3) is 1.32. The van der Waals surface area contributed by atoms with Crippen LogP contribution in [0.4, 0.5) is 5.69 Å². The molecule has 1 aromatic carbocycles. The molecule has 2 nitrogen and oxygen atoms in total. The Labute approximate surface area is 70.1 Å². The fraction of sp³-hybridized carbons (Fsp3) is 0.250. The van der Waals surface area contributed by atoms with Gasteiger partial charge in [-0.1, -0.05) is 29.8 Å². The number of ether oxygens (including phenoxy) is 1. The number of anilines is 1. The average molecular weight is 170 g/mol. The highest BCUT2D eigenvalue weighted by Crippen LogP contribution is 2.23. The summed E-state index contributed by atoms with van der Waals surface area (Å²) in [5.41, 5.74) is 1.84. The number of nitrogens with one attached hydrogen (secondary N) is 1. The Morgan fingerprint density at radius 3 is 3.18 bits per heavy atom. The van der Waals surface area contributed by atoms with Crippen molar-refractivity contribution in [3.8, 4) is 0 Å². The number of hydrogen-bond acceptors (Lipinski definition) is 2. The molecule has 1 aliphatic rings. The summed E-state index contributed by atoms with van der Waals surface area (Å²) in [6.07, 6.45) is 0. The Bertz CT molecular complexity index is 264. The third-order valence-electron chi connectivity index (χ3n) is 1.67. The zero-order valence-electron chi connectivity index (χ0n) is 5.88. The number of para-hydroxylation sites is 1. The van der Waals surface area contributed by atoms with Crippen LogP contribution in [0.2, 0.25) is 0 Å². The van der Waals surface area contributed by atoms with Crippen molar-refractivity contribution in [3.05, 3.63) is 29.8 Å². The molecule has 0 fully saturated rings. The number of halogens is 1. The molecule has 1 aromatic rings. The highest BCUT2D eigenvalue weighted by atomic mass is 35.5. The third-order valence-corrected chi connectivity index (χ3v) is 1.91. The van der Waals surface area contributed by atoms with Gasteiger partial charge in [-0.25, -0.2) is 0 Å². The predicted octanol–water partition coefficient (Wildman–Crippen LogP) is 2.15. The smallest absolute Gasteiger partial charge is 0.206 e. The lowest BCUT2D eigenvalue weighted by Crippen LogP contribution is -2.22. The maximum absolute atomic E-state index is 5.71. The van der Waals surface area contributed by atoms with Crippen molar-refractivity contribution in [1.29, 1.82) is 0 Å². The van der Waals surface area contributed by atoms with Gasteiger partial charge in [0.15, 0.2) is 0 Å². The number of fused-ring (bicyclic) bond motifs is 1. The van der Waals surface area contributed by atoms with E-state index in [0.29, 0.717) is 6.61 Å². The molecule has 0 radical (unpaired) electrons. The van der Waals surface area contributed by atoms with Gasteiger partial charge in [-0.3, -0.25) is 0 Å². The summed E-state index contributed by atoms with van der Waals surface area (Å²) in [4.78, 5) is 0. The standard InChI is InChI=1S/C8H8ClNO/c9-8-10-7-4-2-1-3-6(7)5-11-8/h1-4,8,10H,5H2. The van der Waals surface area contributed by atoms with E-state index in [4.69, 9.17) is 16.3 Å². The topological polar surface area (TPSA) is 21.3 Å². The van der Waals surface area contributed by atoms with Gasteiger partial charge in [0.1, 0.15) is 0 Å². The maximum Gasteiger partial charge on any atom is 0.206 e. The monoisotopic (exact) mass is 169 g/mol. The van der Waals surface area contributed by atoms with Crippen molar-refractivity contribution in [2.75, 3.05) is 5.32 Å². The molecule has 1 unspecified atom stereocenters. The Balaban J connectivity index is 2.34. The van der Waals surface area contributed by atoms with Crippen LogP contribution in [-0.2, 0) is 11.3 Å². The van der Waals surface area contributed by atoms with Crippen molar-refractivity contribution < 1.29 is 4.74 Å². The second-order valence-corrected chi connectivity index (χ2v) is 2.82. The highest BCUT2D eigenvalue weighted by molar-refractivity contribution is 6.20. The van der Waals surface area contributed by atoms with Crippen molar-refractivity contribution in [2.24, 2.45) is 0 Å². The lowest BCUT2D eigenvalue weighted by molar-refractivity contribution is 0.103. The summed E-state index contributed by atoms with van der Waals surface area (Å²) >= 11 is 5.71. The molecule has 0 aliphatic carbocycles. The van der Waals surface area contributed by atoms with E-state index in [-0.39, 0.29) is 5.69 Å². The first-order valence-electron chi connectivity index (χ1n) is 3.46. The molecule has 2 rings (SSSR count). The predicted molar refractivity (Wildman–Crippen MR) is 44.5 cm³/mol. The van der Waals surface area contributed by atoms with Crippen LogP contribution in [0.25, 0.3) is 0 Å². The number of rotatable bonds is 0. The van der Waals surface area contributed by atoms with Crippen LogP contribution in [0.3, 0.4) is 0 Å². The Morgan fingerprint density at radius 1 is 1.45 bits per heavy atom. The van der Waals surface area contributed by atoms with Crippen LogP contribution < -0.4 is 5.32 Å². The quantitative estimate of drug-likeness (QED) is 0.475. The van der Waals surface area contributed by atoms with Gasteiger partial charge in [-0.2, -0.15) is 0 Å². The minimum Gasteiger partial charge on any atom is -0.347 e. The molecule has 0 saturated heterocycles. The number of hydrogen-bond donors (Lipinski definition) is 1. The Kier molecular flexibility index (Phi) is 1.72. The summed E-state index contributed by atoms with van der Waals surface area (Å²) in [5, 5.41) is 3.00. The average Bonchev–Trinajstić information content (AvgIpc) is 2.04. The summed E-state index contributed by atoms with van der Waals surface area (Å²) in [6.45, 7) is 0.595. The first kappa shape index (κ1) is 6.95. The van der Waals surface area contributed by atoms with Crippen LogP contribution >= 0.6 is 11.6 Å². The lowest BCUT2D eigenvalue weighted by Gasteiger charge is -2.22. The summed E-state index contributed by atoms with van der Waals surface area (Å²) in [6, 6.07) is 7.97. The van der Waals surface area contributed by atoms with Crippen LogP contribution in [0, 0.1) is 0 Å². The Morgan fingerprint density at radius 2 is 2.27 bits per heavy atom. The molecule has 1 aliphatic heterocycles. The first-order valence-corrected chi connectivity index (χ1v) is 3.90. The van der Waals surface area contributed by atoms with Crippen LogP contribution in [-0.4, -0.2) is 5.69 Å². The minimum atomic E-state index is -0.384. The highest BCUT2D eigenvalue weighted by Gasteiger charge is 2.13. The lowest BCUT2D eigenvalue weighted by atomic mass is 10.2. The van der Waals surface area contributed by atoms with Gasteiger partial charge in [-0.15, -0.1) is 0 Å². The molecule has 0 aromatic heterocycles. The van der Waals surface area contributed by atoms with E-state index in [1.165, 1.54) is 0 Å². The maximum atomic E-state index is 5.71. The minimum absolute atomic E-state index is 0.384. The SMILES string of the molecule is ClC1Nc2ccccc2CO1. The fourth-order valence-corrected chi connectivity index (χ4v) is 1.29. The van der Waals surface area contributed by atoms with Crippen molar-refractivity contribution >= 4 is 17.3 Å². The van der Waals surface area contributed by atoms with Crippen molar-refractivity contribution in [2.45, 2.75) is 12.3 Å². The molecule has 1 atom stereocenters. The van der Waals surface area contributed by atoms with E-state index < -0.39 is 0 Å². The van der Waals surface area contributed by atoms with Gasteiger partial charge in [-0.05, 0) is 6.07 Å². The van der Waals surface area contributed by atoms with E-state index in [1.807, 2.05) is 24.3 Å². The Hall–Kier alpha value is -0.730. The molecule has 3 heteroatoms. The van der Waals surface area contributed by atoms with Crippen LogP contribution in [0.15, 0.2) is 24.3 Å². The molecule has 11 heavy (non-hydrogen) atoms. The summed E-state index contributed by atoms with van der Waals surface area (Å²) in [7, 11) is 0. The van der Waals surface area contributed by atoms with Gasteiger partial charge in [0.25, 0.3) is 0 Å². The van der Waals surface area contributed by atoms with E-state index in [0.717, 1.165) is 11.3 Å². The molecule has 0 amide bonds. The second-order valence-electron chi connectivity index (χ2n) is 2.43. The second kappa shape index (κ2) is 2.72. The number of alkyl halides is 1. The van der Waals surface area contributed by atoms with Crippen LogP contribution in [0.5, 0.6) is 0 Å². The molecular weight excluding hydrogens is 162 g/mol. The van der Waals surface area contributed by atoms with Crippen molar-refractivity contribution in [3.63, 3.8) is 0 Å². The number of benzene rings is 1. The fourth-order valence-electron chi connectivity index (χ4n) is 1.11. The van der Waals surface area contributed by atoms with Gasteiger partial charge in [0, 0.05) is 11.3 Å². The largest absolute Gasteiger partial charge is 0.347 e. The summed E-state index contributed by atoms with van der Waals surface area (Å²) in [5.74, 6) is 0. The summed E-state index contributed by atoms with van der Waals surface area (Å²) < 4.78 is 5.16. The van der Waals surface area contributed by atoms with Gasteiger partial charge in [0.2, 0.25) is 5.69 Å².